The summed E-state index contributed by atoms with van der Waals surface area (Å²) in [6.07, 6.45) is -0.0418. The van der Waals surface area contributed by atoms with E-state index in [2.05, 4.69) is 4.74 Å². The van der Waals surface area contributed by atoms with Crippen LogP contribution in [0.5, 0.6) is 5.75 Å². The zero-order chi connectivity index (χ0) is 12.0. The van der Waals surface area contributed by atoms with Crippen molar-refractivity contribution in [3.8, 4) is 5.75 Å². The Morgan fingerprint density at radius 1 is 1.56 bits per heavy atom. The molecule has 2 rings (SSSR count). The van der Waals surface area contributed by atoms with Crippen LogP contribution in [-0.2, 0) is 6.42 Å². The van der Waals surface area contributed by atoms with Crippen molar-refractivity contribution >= 4 is 19.6 Å². The number of alkyl halides is 2. The molecule has 2 radical (unpaired) electrons. The van der Waals surface area contributed by atoms with Gasteiger partial charge in [0.1, 0.15) is 13.6 Å². The molecule has 1 aromatic rings. The summed E-state index contributed by atoms with van der Waals surface area (Å²) in [5.74, 6) is 0.0803. The van der Waals surface area contributed by atoms with E-state index in [1.807, 2.05) is 0 Å². The molecule has 1 heterocycles. The third kappa shape index (κ3) is 2.66. The van der Waals surface area contributed by atoms with Gasteiger partial charge in [-0.15, -0.1) is 0 Å². The van der Waals surface area contributed by atoms with E-state index in [1.165, 1.54) is 12.1 Å². The van der Waals surface area contributed by atoms with Crippen LogP contribution in [0.2, 0.25) is 0 Å². The highest BCUT2D eigenvalue weighted by atomic mass is 32.2. The smallest absolute Gasteiger partial charge is 0.423 e. The Morgan fingerprint density at radius 3 is 2.88 bits per heavy atom. The number of thioether (sulfide) groups is 1. The average molecular weight is 243 g/mol. The van der Waals surface area contributed by atoms with Crippen LogP contribution < -0.4 is 10.5 Å². The molecule has 16 heavy (non-hydrogen) atoms. The van der Waals surface area contributed by atoms with E-state index in [0.717, 1.165) is 0 Å². The van der Waals surface area contributed by atoms with Crippen molar-refractivity contribution in [2.24, 2.45) is 5.73 Å². The summed E-state index contributed by atoms with van der Waals surface area (Å²) >= 11 is 0.339. The van der Waals surface area contributed by atoms with Crippen LogP contribution in [0.25, 0.3) is 0 Å². The second-order valence-electron chi connectivity index (χ2n) is 3.62. The Labute approximate surface area is 96.4 Å². The number of halogens is 2. The molecular formula is C9H8BF2NO2S. The van der Waals surface area contributed by atoms with Gasteiger partial charge < -0.3 is 15.6 Å². The highest BCUT2D eigenvalue weighted by molar-refractivity contribution is 8.00. The predicted octanol–water partition coefficient (Wildman–Crippen LogP) is 1.04. The van der Waals surface area contributed by atoms with E-state index < -0.39 is 11.1 Å². The SMILES string of the molecule is [B]C(N)(O)Cc1ccc2c(c1)OC(F)(F)S2. The zero-order valence-electron chi connectivity index (χ0n) is 8.11. The third-order valence-corrected chi connectivity index (χ3v) is 2.83. The molecule has 3 N–H and O–H groups in total. The molecule has 1 aliphatic heterocycles. The van der Waals surface area contributed by atoms with Gasteiger partial charge in [0.25, 0.3) is 0 Å². The second-order valence-corrected chi connectivity index (χ2v) is 4.74. The molecular weight excluding hydrogens is 235 g/mol. The summed E-state index contributed by atoms with van der Waals surface area (Å²) in [5, 5.41) is 9.18. The number of hydrogen-bond donors (Lipinski definition) is 2. The fourth-order valence-electron chi connectivity index (χ4n) is 1.43. The summed E-state index contributed by atoms with van der Waals surface area (Å²) < 4.78 is 30.1. The minimum atomic E-state index is -3.23. The Bertz CT molecular complexity index is 422. The topological polar surface area (TPSA) is 55.5 Å². The van der Waals surface area contributed by atoms with Gasteiger partial charge in [-0.25, -0.2) is 0 Å². The molecule has 3 nitrogen and oxygen atoms in total. The van der Waals surface area contributed by atoms with Gasteiger partial charge in [0.15, 0.2) is 0 Å². The fraction of sp³-hybridized carbons (Fsp3) is 0.333. The summed E-state index contributed by atoms with van der Waals surface area (Å²) in [5.41, 5.74) is 0.645. The minimum Gasteiger partial charge on any atom is -0.423 e. The van der Waals surface area contributed by atoms with Crippen molar-refractivity contribution in [2.75, 3.05) is 0 Å². The number of fused-ring (bicyclic) bond motifs is 1. The molecule has 0 aromatic heterocycles. The highest BCUT2D eigenvalue weighted by Gasteiger charge is 2.41. The lowest BCUT2D eigenvalue weighted by atomic mass is 9.86. The average Bonchev–Trinajstić information content (AvgIpc) is 2.34. The maximum absolute atomic E-state index is 12.8. The summed E-state index contributed by atoms with van der Waals surface area (Å²) in [6, 6.07) is 4.46. The molecule has 0 aliphatic carbocycles. The first-order chi connectivity index (χ1) is 7.25. The van der Waals surface area contributed by atoms with Crippen LogP contribution >= 0.6 is 11.8 Å². The molecule has 0 bridgehead atoms. The van der Waals surface area contributed by atoms with Gasteiger partial charge in [-0.05, 0) is 29.5 Å². The lowest BCUT2D eigenvalue weighted by Gasteiger charge is -2.17. The maximum atomic E-state index is 12.8. The molecule has 0 saturated heterocycles. The van der Waals surface area contributed by atoms with Crippen LogP contribution in [0.1, 0.15) is 5.56 Å². The van der Waals surface area contributed by atoms with Crippen LogP contribution in [0, 0.1) is 0 Å². The van der Waals surface area contributed by atoms with Crippen molar-refractivity contribution in [2.45, 2.75) is 22.4 Å². The van der Waals surface area contributed by atoms with Crippen molar-refractivity contribution in [1.82, 2.24) is 0 Å². The number of rotatable bonds is 2. The number of ether oxygens (including phenoxy) is 1. The minimum absolute atomic E-state index is 0.0418. The van der Waals surface area contributed by atoms with E-state index in [0.29, 0.717) is 22.2 Å². The molecule has 1 aliphatic rings. The normalized spacial score (nSPS) is 21.0. The van der Waals surface area contributed by atoms with E-state index in [4.69, 9.17) is 13.6 Å². The van der Waals surface area contributed by atoms with Crippen LogP contribution in [0.4, 0.5) is 8.78 Å². The molecule has 0 saturated carbocycles. The van der Waals surface area contributed by atoms with Crippen LogP contribution in [0.15, 0.2) is 23.1 Å². The predicted molar refractivity (Wildman–Crippen MR) is 56.5 cm³/mol. The van der Waals surface area contributed by atoms with Crippen molar-refractivity contribution < 1.29 is 18.6 Å². The zero-order valence-corrected chi connectivity index (χ0v) is 8.93. The largest absolute Gasteiger partial charge is 0.457 e. The molecule has 1 aromatic carbocycles. The van der Waals surface area contributed by atoms with Crippen LogP contribution in [-0.4, -0.2) is 24.0 Å². The Kier molecular flexibility index (Phi) is 2.64. The third-order valence-electron chi connectivity index (χ3n) is 1.95. The first kappa shape index (κ1) is 11.7. The molecule has 0 spiro atoms. The number of nitrogens with two attached hydrogens (primary N) is 1. The van der Waals surface area contributed by atoms with Gasteiger partial charge in [-0.2, -0.15) is 8.78 Å². The summed E-state index contributed by atoms with van der Waals surface area (Å²) in [4.78, 5) is 0.353. The highest BCUT2D eigenvalue weighted by Crippen LogP contribution is 2.49. The number of hydrogen-bond acceptors (Lipinski definition) is 4. The summed E-state index contributed by atoms with van der Waals surface area (Å²) in [7, 11) is 5.21. The van der Waals surface area contributed by atoms with Gasteiger partial charge >= 0.3 is 5.44 Å². The standard InChI is InChI=1S/C9H8BF2NO2S/c10-8(13,14)4-5-1-2-7-6(3-5)15-9(11,12)16-7/h1-3,14H,4,13H2. The Morgan fingerprint density at radius 2 is 2.25 bits per heavy atom. The molecule has 0 amide bonds. The van der Waals surface area contributed by atoms with Gasteiger partial charge in [0.05, 0.1) is 10.5 Å². The Balaban J connectivity index is 2.23. The number of benzene rings is 1. The van der Waals surface area contributed by atoms with Gasteiger partial charge in [-0.1, -0.05) is 6.07 Å². The lowest BCUT2D eigenvalue weighted by molar-refractivity contribution is -0.0822. The molecule has 84 valence electrons. The van der Waals surface area contributed by atoms with Gasteiger partial charge in [0, 0.05) is 6.42 Å². The van der Waals surface area contributed by atoms with E-state index in [-0.39, 0.29) is 12.2 Å². The number of aliphatic hydroxyl groups is 1. The van der Waals surface area contributed by atoms with Gasteiger partial charge in [-0.3, -0.25) is 0 Å². The molecule has 7 heteroatoms. The van der Waals surface area contributed by atoms with Crippen LogP contribution in [0.3, 0.4) is 0 Å². The molecule has 1 atom stereocenters. The van der Waals surface area contributed by atoms with Crippen molar-refractivity contribution in [1.29, 1.82) is 0 Å². The van der Waals surface area contributed by atoms with E-state index in [9.17, 15) is 13.9 Å². The van der Waals surface area contributed by atoms with Crippen molar-refractivity contribution in [3.63, 3.8) is 0 Å². The first-order valence-electron chi connectivity index (χ1n) is 4.44. The van der Waals surface area contributed by atoms with E-state index in [1.54, 1.807) is 6.07 Å². The second kappa shape index (κ2) is 3.61. The van der Waals surface area contributed by atoms with Crippen molar-refractivity contribution in [3.05, 3.63) is 23.8 Å². The fourth-order valence-corrected chi connectivity index (χ4v) is 2.16. The summed E-state index contributed by atoms with van der Waals surface area (Å²) in [6.45, 7) is 0. The molecule has 0 fully saturated rings. The maximum Gasteiger partial charge on any atom is 0.457 e. The molecule has 1 unspecified atom stereocenters. The quantitative estimate of drug-likeness (QED) is 0.601. The lowest BCUT2D eigenvalue weighted by Crippen LogP contribution is -2.42. The monoisotopic (exact) mass is 243 g/mol. The first-order valence-corrected chi connectivity index (χ1v) is 5.26. The Hall–Kier alpha value is -0.785. The van der Waals surface area contributed by atoms with Gasteiger partial charge in [0.2, 0.25) is 0 Å². The van der Waals surface area contributed by atoms with E-state index >= 15 is 0 Å².